The fourth-order valence-corrected chi connectivity index (χ4v) is 2.76. The van der Waals surface area contributed by atoms with Crippen LogP contribution < -0.4 is 10.3 Å². The first-order chi connectivity index (χ1) is 11.1. The highest BCUT2D eigenvalue weighted by molar-refractivity contribution is 7.70. The molecule has 0 unspecified atom stereocenters. The molecule has 0 bridgehead atoms. The number of halogens is 1. The predicted octanol–water partition coefficient (Wildman–Crippen LogP) is 1.64. The summed E-state index contributed by atoms with van der Waals surface area (Å²) in [5.41, 5.74) is 2.30. The van der Waals surface area contributed by atoms with Crippen LogP contribution in [0.2, 0.25) is 0 Å². The molecule has 0 saturated carbocycles. The molecule has 0 aliphatic rings. The smallest absolute Gasteiger partial charge is 0.267 e. The molecule has 1 heterocycles. The van der Waals surface area contributed by atoms with Gasteiger partial charge in [-0.3, -0.25) is 4.79 Å². The highest BCUT2D eigenvalue weighted by Crippen LogP contribution is 2.24. The van der Waals surface area contributed by atoms with Crippen molar-refractivity contribution in [2.24, 2.45) is 7.05 Å². The van der Waals surface area contributed by atoms with Gasteiger partial charge in [-0.25, -0.2) is 17.8 Å². The Hall–Kier alpha value is -2.22. The van der Waals surface area contributed by atoms with E-state index in [1.54, 1.807) is 13.1 Å². The van der Waals surface area contributed by atoms with Gasteiger partial charge in [-0.2, -0.15) is 5.10 Å². The zero-order valence-corrected chi connectivity index (χ0v) is 14.5. The normalized spacial score (nSPS) is 10.8. The number of hydrogen-bond acceptors (Lipinski definition) is 4. The first-order valence-corrected chi connectivity index (χ1v) is 8.17. The van der Waals surface area contributed by atoms with Crippen molar-refractivity contribution in [3.63, 3.8) is 0 Å². The third-order valence-corrected chi connectivity index (χ3v) is 4.01. The van der Waals surface area contributed by atoms with Crippen molar-refractivity contribution in [2.45, 2.75) is 6.54 Å². The number of benzene rings is 2. The van der Waals surface area contributed by atoms with Gasteiger partial charge in [-0.15, -0.1) is 12.4 Å². The van der Waals surface area contributed by atoms with Gasteiger partial charge in [0.15, 0.2) is 0 Å². The van der Waals surface area contributed by atoms with Crippen LogP contribution in [-0.2, 0) is 24.5 Å². The maximum absolute atomic E-state index is 12.1. The third kappa shape index (κ3) is 3.64. The van der Waals surface area contributed by atoms with Crippen LogP contribution in [-0.4, -0.2) is 18.2 Å². The number of fused-ring (bicyclic) bond motifs is 1. The quantitative estimate of drug-likeness (QED) is 0.689. The molecule has 3 rings (SSSR count). The second-order valence-corrected chi connectivity index (χ2v) is 5.94. The van der Waals surface area contributed by atoms with Crippen molar-refractivity contribution in [2.75, 3.05) is 0 Å². The Balaban J connectivity index is 0.00000208. The van der Waals surface area contributed by atoms with Gasteiger partial charge < -0.3 is 0 Å². The summed E-state index contributed by atoms with van der Waals surface area (Å²) in [4.78, 5) is 12.1. The molecule has 24 heavy (non-hydrogen) atoms. The Morgan fingerprint density at radius 3 is 2.29 bits per heavy atom. The van der Waals surface area contributed by atoms with Gasteiger partial charge >= 0.3 is 0 Å². The van der Waals surface area contributed by atoms with Crippen LogP contribution in [0.25, 0.3) is 22.0 Å². The molecule has 6 nitrogen and oxygen atoms in total. The van der Waals surface area contributed by atoms with Crippen LogP contribution in [0.3, 0.4) is 0 Å². The van der Waals surface area contributed by atoms with Gasteiger partial charge in [-0.1, -0.05) is 42.5 Å². The van der Waals surface area contributed by atoms with E-state index in [1.807, 2.05) is 42.5 Å². The molecule has 1 N–H and O–H groups in total. The molecule has 126 valence electrons. The molecule has 0 saturated heterocycles. The van der Waals surface area contributed by atoms with Crippen molar-refractivity contribution in [3.8, 4) is 11.3 Å². The lowest BCUT2D eigenvalue weighted by Gasteiger charge is -2.09. The zero-order chi connectivity index (χ0) is 16.4. The zero-order valence-electron chi connectivity index (χ0n) is 12.8. The SMILES string of the molecule is Cl.Cn1nc(-c2ccc(CN[SH](=O)=O)cc2)c2ccccc2c1=O. The van der Waals surface area contributed by atoms with Crippen molar-refractivity contribution < 1.29 is 8.42 Å². The maximum atomic E-state index is 12.1. The summed E-state index contributed by atoms with van der Waals surface area (Å²) in [6.45, 7) is 0.250. The number of nitrogens with one attached hydrogen (secondary N) is 1. The summed E-state index contributed by atoms with van der Waals surface area (Å²) in [6, 6.07) is 14.8. The monoisotopic (exact) mass is 365 g/mol. The number of nitrogens with zero attached hydrogens (tertiary/aromatic N) is 2. The Labute approximate surface area is 146 Å². The van der Waals surface area contributed by atoms with Gasteiger partial charge in [0.2, 0.25) is 10.9 Å². The van der Waals surface area contributed by atoms with E-state index in [4.69, 9.17) is 0 Å². The summed E-state index contributed by atoms with van der Waals surface area (Å²) >= 11 is 0. The van der Waals surface area contributed by atoms with Crippen LogP contribution in [0.1, 0.15) is 5.56 Å². The third-order valence-electron chi connectivity index (χ3n) is 3.60. The van der Waals surface area contributed by atoms with Crippen LogP contribution in [0, 0.1) is 0 Å². The van der Waals surface area contributed by atoms with E-state index in [-0.39, 0.29) is 24.5 Å². The summed E-state index contributed by atoms with van der Waals surface area (Å²) in [5.74, 6) is 0. The average Bonchev–Trinajstić information content (AvgIpc) is 2.57. The lowest BCUT2D eigenvalue weighted by molar-refractivity contribution is 0.601. The Kier molecular flexibility index (Phi) is 5.71. The lowest BCUT2D eigenvalue weighted by atomic mass is 10.0. The minimum atomic E-state index is -2.61. The largest absolute Gasteiger partial charge is 0.274 e. The predicted molar refractivity (Wildman–Crippen MR) is 96.8 cm³/mol. The van der Waals surface area contributed by atoms with E-state index in [2.05, 4.69) is 9.82 Å². The van der Waals surface area contributed by atoms with Crippen molar-refractivity contribution in [1.82, 2.24) is 14.5 Å². The van der Waals surface area contributed by atoms with Crippen LogP contribution in [0.5, 0.6) is 0 Å². The second kappa shape index (κ2) is 7.57. The summed E-state index contributed by atoms with van der Waals surface area (Å²) in [5, 5.41) is 5.78. The Morgan fingerprint density at radius 1 is 1.04 bits per heavy atom. The molecule has 2 aromatic carbocycles. The Morgan fingerprint density at radius 2 is 1.67 bits per heavy atom. The van der Waals surface area contributed by atoms with Gasteiger partial charge in [0.1, 0.15) is 0 Å². The van der Waals surface area contributed by atoms with E-state index in [1.165, 1.54) is 4.68 Å². The molecule has 0 atom stereocenters. The topological polar surface area (TPSA) is 81.1 Å². The fraction of sp³-hybridized carbons (Fsp3) is 0.125. The summed E-state index contributed by atoms with van der Waals surface area (Å²) in [6.07, 6.45) is 0. The summed E-state index contributed by atoms with van der Waals surface area (Å²) in [7, 11) is -0.981. The standard InChI is InChI=1S/C16H15N3O3S.ClH/c1-19-16(20)14-5-3-2-4-13(14)15(18-19)12-8-6-11(7-9-12)10-17-23(21)22;/h2-9,23H,10H2,1H3,(H,17,21,22);1H. The van der Waals surface area contributed by atoms with E-state index in [0.717, 1.165) is 22.2 Å². The van der Waals surface area contributed by atoms with Gasteiger partial charge in [-0.05, 0) is 11.6 Å². The number of rotatable bonds is 4. The highest BCUT2D eigenvalue weighted by Gasteiger charge is 2.10. The number of hydrogen-bond donors (Lipinski definition) is 2. The van der Waals surface area contributed by atoms with E-state index in [9.17, 15) is 13.2 Å². The van der Waals surface area contributed by atoms with Crippen molar-refractivity contribution in [1.29, 1.82) is 0 Å². The molecule has 1 aromatic heterocycles. The first-order valence-electron chi connectivity index (χ1n) is 6.99. The molecule has 8 heteroatoms. The van der Waals surface area contributed by atoms with Crippen LogP contribution in [0.15, 0.2) is 53.3 Å². The number of aromatic nitrogens is 2. The van der Waals surface area contributed by atoms with Crippen molar-refractivity contribution >= 4 is 34.1 Å². The van der Waals surface area contributed by atoms with Crippen LogP contribution in [0.4, 0.5) is 0 Å². The molecule has 0 fully saturated rings. The first kappa shape index (κ1) is 18.1. The number of thiol groups is 1. The molecule has 0 aliphatic heterocycles. The van der Waals surface area contributed by atoms with Gasteiger partial charge in [0.05, 0.1) is 11.1 Å². The van der Waals surface area contributed by atoms with E-state index < -0.39 is 10.9 Å². The average molecular weight is 366 g/mol. The minimum Gasteiger partial charge on any atom is -0.267 e. The highest BCUT2D eigenvalue weighted by atomic mass is 35.5. The Bertz CT molecular complexity index is 990. The van der Waals surface area contributed by atoms with Gasteiger partial charge in [0, 0.05) is 24.5 Å². The second-order valence-electron chi connectivity index (χ2n) is 5.11. The minimum absolute atomic E-state index is 0. The van der Waals surface area contributed by atoms with E-state index in [0.29, 0.717) is 5.39 Å². The molecular weight excluding hydrogens is 350 g/mol. The number of aryl methyl sites for hydroxylation is 1. The van der Waals surface area contributed by atoms with Crippen molar-refractivity contribution in [3.05, 3.63) is 64.4 Å². The molecular formula is C16H16ClN3O3S. The molecule has 0 aliphatic carbocycles. The molecule has 0 radical (unpaired) electrons. The van der Waals surface area contributed by atoms with Gasteiger partial charge in [0.25, 0.3) is 5.56 Å². The van der Waals surface area contributed by atoms with E-state index >= 15 is 0 Å². The van der Waals surface area contributed by atoms with Crippen LogP contribution >= 0.6 is 12.4 Å². The maximum Gasteiger partial charge on any atom is 0.274 e. The lowest BCUT2D eigenvalue weighted by Crippen LogP contribution is -2.20. The molecule has 0 amide bonds. The summed E-state index contributed by atoms with van der Waals surface area (Å²) < 4.78 is 24.8. The molecule has 0 spiro atoms. The molecule has 3 aromatic rings. The fourth-order valence-electron chi connectivity index (χ4n) is 2.45.